The van der Waals surface area contributed by atoms with Crippen molar-refractivity contribution in [3.8, 4) is 0 Å². The molecule has 1 atom stereocenters. The van der Waals surface area contributed by atoms with Crippen molar-refractivity contribution in [2.75, 3.05) is 30.4 Å². The molecule has 1 aromatic rings. The van der Waals surface area contributed by atoms with Crippen LogP contribution in [0.15, 0.2) is 6.20 Å². The topological polar surface area (TPSA) is 59.1 Å². The molecule has 0 aromatic carbocycles. The molecule has 1 aliphatic heterocycles. The lowest BCUT2D eigenvalue weighted by molar-refractivity contribution is 0.0874. The van der Waals surface area contributed by atoms with Crippen LogP contribution in [0.4, 0.5) is 16.2 Å². The molecule has 0 aliphatic carbocycles. The van der Waals surface area contributed by atoms with E-state index in [1.807, 2.05) is 0 Å². The lowest BCUT2D eigenvalue weighted by Crippen LogP contribution is -2.30. The average molecular weight is 254 g/mol. The zero-order valence-corrected chi connectivity index (χ0v) is 10.6. The highest BCUT2D eigenvalue weighted by Crippen LogP contribution is 2.16. The number of halogens is 1. The quantitative estimate of drug-likeness (QED) is 0.842. The van der Waals surface area contributed by atoms with Crippen LogP contribution in [0, 0.1) is 5.82 Å². The molecule has 1 aromatic heterocycles. The van der Waals surface area contributed by atoms with Gasteiger partial charge in [-0.3, -0.25) is 0 Å². The van der Waals surface area contributed by atoms with Gasteiger partial charge in [-0.15, -0.1) is 0 Å². The summed E-state index contributed by atoms with van der Waals surface area (Å²) >= 11 is 0. The first-order valence-electron chi connectivity index (χ1n) is 6.40. The van der Waals surface area contributed by atoms with E-state index in [9.17, 15) is 4.39 Å². The minimum Gasteiger partial charge on any atom is -0.379 e. The number of rotatable bonds is 5. The van der Waals surface area contributed by atoms with Crippen LogP contribution >= 0.6 is 0 Å². The number of nitrogens with zero attached hydrogens (tertiary/aromatic N) is 2. The van der Waals surface area contributed by atoms with Crippen molar-refractivity contribution in [1.29, 1.82) is 0 Å². The van der Waals surface area contributed by atoms with Crippen LogP contribution < -0.4 is 10.6 Å². The molecule has 1 fully saturated rings. The van der Waals surface area contributed by atoms with Crippen molar-refractivity contribution < 1.29 is 9.13 Å². The van der Waals surface area contributed by atoms with Crippen molar-refractivity contribution in [3.05, 3.63) is 12.0 Å². The van der Waals surface area contributed by atoms with Gasteiger partial charge in [0.25, 0.3) is 0 Å². The summed E-state index contributed by atoms with van der Waals surface area (Å²) in [6, 6.07) is 0.127. The highest BCUT2D eigenvalue weighted by Gasteiger charge is 2.16. The molecule has 2 rings (SSSR count). The number of hydrogen-bond acceptors (Lipinski definition) is 5. The highest BCUT2D eigenvalue weighted by molar-refractivity contribution is 5.41. The SMILES string of the molecule is CCCNc1ncc(F)c(NC2CCCOC2)n1. The molecule has 6 heteroatoms. The largest absolute Gasteiger partial charge is 0.379 e. The fourth-order valence-electron chi connectivity index (χ4n) is 1.84. The number of ether oxygens (including phenoxy) is 1. The zero-order chi connectivity index (χ0) is 12.8. The summed E-state index contributed by atoms with van der Waals surface area (Å²) in [5, 5.41) is 6.11. The first-order chi connectivity index (χ1) is 8.79. The molecule has 5 nitrogen and oxygen atoms in total. The normalized spacial score (nSPS) is 19.6. The van der Waals surface area contributed by atoms with E-state index in [-0.39, 0.29) is 11.9 Å². The Morgan fingerprint density at radius 1 is 1.56 bits per heavy atom. The predicted molar refractivity (Wildman–Crippen MR) is 68.2 cm³/mol. The first-order valence-corrected chi connectivity index (χ1v) is 6.40. The molecule has 18 heavy (non-hydrogen) atoms. The fourth-order valence-corrected chi connectivity index (χ4v) is 1.84. The maximum atomic E-state index is 13.6. The van der Waals surface area contributed by atoms with Gasteiger partial charge in [-0.05, 0) is 19.3 Å². The lowest BCUT2D eigenvalue weighted by atomic mass is 10.1. The van der Waals surface area contributed by atoms with Crippen LogP contribution in [-0.2, 0) is 4.74 Å². The van der Waals surface area contributed by atoms with E-state index in [4.69, 9.17) is 4.74 Å². The second kappa shape index (κ2) is 6.49. The zero-order valence-electron chi connectivity index (χ0n) is 10.6. The van der Waals surface area contributed by atoms with Gasteiger partial charge in [-0.1, -0.05) is 6.92 Å². The van der Waals surface area contributed by atoms with E-state index < -0.39 is 5.82 Å². The van der Waals surface area contributed by atoms with Gasteiger partial charge in [-0.2, -0.15) is 4.98 Å². The van der Waals surface area contributed by atoms with E-state index in [0.717, 1.165) is 32.4 Å². The Morgan fingerprint density at radius 3 is 3.17 bits per heavy atom. The summed E-state index contributed by atoms with van der Waals surface area (Å²) in [6.07, 6.45) is 4.13. The van der Waals surface area contributed by atoms with Gasteiger partial charge in [0.1, 0.15) is 0 Å². The summed E-state index contributed by atoms with van der Waals surface area (Å²) in [5.74, 6) is 0.277. The second-order valence-corrected chi connectivity index (χ2v) is 4.38. The molecule has 1 aliphatic rings. The van der Waals surface area contributed by atoms with Gasteiger partial charge in [0.05, 0.1) is 18.8 Å². The number of hydrogen-bond donors (Lipinski definition) is 2. The van der Waals surface area contributed by atoms with Crippen molar-refractivity contribution in [1.82, 2.24) is 9.97 Å². The Labute approximate surface area is 106 Å². The van der Waals surface area contributed by atoms with Crippen molar-refractivity contribution in [3.63, 3.8) is 0 Å². The van der Waals surface area contributed by atoms with Crippen LogP contribution in [0.1, 0.15) is 26.2 Å². The molecule has 0 bridgehead atoms. The fraction of sp³-hybridized carbons (Fsp3) is 0.667. The minimum atomic E-state index is -0.428. The van der Waals surface area contributed by atoms with Crippen LogP contribution in [0.5, 0.6) is 0 Å². The van der Waals surface area contributed by atoms with Gasteiger partial charge in [0.2, 0.25) is 5.95 Å². The van der Waals surface area contributed by atoms with Crippen LogP contribution in [-0.4, -0.2) is 35.8 Å². The number of aromatic nitrogens is 2. The average Bonchev–Trinajstić information content (AvgIpc) is 2.41. The van der Waals surface area contributed by atoms with Crippen LogP contribution in [0.2, 0.25) is 0 Å². The molecular weight excluding hydrogens is 235 g/mol. The van der Waals surface area contributed by atoms with E-state index in [1.165, 1.54) is 6.20 Å². The van der Waals surface area contributed by atoms with E-state index in [2.05, 4.69) is 27.5 Å². The third-order valence-corrected chi connectivity index (χ3v) is 2.78. The molecule has 100 valence electrons. The van der Waals surface area contributed by atoms with Crippen molar-refractivity contribution >= 4 is 11.8 Å². The molecule has 1 saturated heterocycles. The highest BCUT2D eigenvalue weighted by atomic mass is 19.1. The Kier molecular flexibility index (Phi) is 4.69. The lowest BCUT2D eigenvalue weighted by Gasteiger charge is -2.23. The van der Waals surface area contributed by atoms with Crippen molar-refractivity contribution in [2.24, 2.45) is 0 Å². The molecule has 2 heterocycles. The summed E-state index contributed by atoms with van der Waals surface area (Å²) in [6.45, 7) is 4.21. The van der Waals surface area contributed by atoms with Gasteiger partial charge in [-0.25, -0.2) is 9.37 Å². The third-order valence-electron chi connectivity index (χ3n) is 2.78. The summed E-state index contributed by atoms with van der Waals surface area (Å²) in [7, 11) is 0. The molecule has 0 amide bonds. The smallest absolute Gasteiger partial charge is 0.224 e. The molecule has 2 N–H and O–H groups in total. The Bertz CT molecular complexity index is 382. The van der Waals surface area contributed by atoms with Gasteiger partial charge < -0.3 is 15.4 Å². The Balaban J connectivity index is 2.00. The summed E-state index contributed by atoms with van der Waals surface area (Å²) in [5.41, 5.74) is 0. The van der Waals surface area contributed by atoms with Crippen molar-refractivity contribution in [2.45, 2.75) is 32.2 Å². The minimum absolute atomic E-state index is 0.127. The number of anilines is 2. The van der Waals surface area contributed by atoms with Gasteiger partial charge in [0.15, 0.2) is 11.6 Å². The molecule has 0 radical (unpaired) electrons. The summed E-state index contributed by atoms with van der Waals surface area (Å²) < 4.78 is 18.9. The second-order valence-electron chi connectivity index (χ2n) is 4.38. The maximum Gasteiger partial charge on any atom is 0.224 e. The third kappa shape index (κ3) is 3.53. The van der Waals surface area contributed by atoms with E-state index in [0.29, 0.717) is 12.6 Å². The standard InChI is InChI=1S/C12H19FN4O/c1-2-5-14-12-15-7-10(13)11(17-12)16-9-4-3-6-18-8-9/h7,9H,2-6,8H2,1H3,(H2,14,15,16,17). The molecule has 0 saturated carbocycles. The Morgan fingerprint density at radius 2 is 2.44 bits per heavy atom. The molecular formula is C12H19FN4O. The van der Waals surface area contributed by atoms with E-state index >= 15 is 0 Å². The van der Waals surface area contributed by atoms with Gasteiger partial charge in [0, 0.05) is 13.2 Å². The van der Waals surface area contributed by atoms with Crippen LogP contribution in [0.3, 0.4) is 0 Å². The monoisotopic (exact) mass is 254 g/mol. The predicted octanol–water partition coefficient (Wildman–Crippen LogP) is 2.03. The summed E-state index contributed by atoms with van der Waals surface area (Å²) in [4.78, 5) is 8.04. The Hall–Kier alpha value is -1.43. The van der Waals surface area contributed by atoms with Gasteiger partial charge >= 0.3 is 0 Å². The molecule has 1 unspecified atom stereocenters. The van der Waals surface area contributed by atoms with E-state index in [1.54, 1.807) is 0 Å². The maximum absolute atomic E-state index is 13.6. The van der Waals surface area contributed by atoms with Crippen LogP contribution in [0.25, 0.3) is 0 Å². The molecule has 0 spiro atoms. The first kappa shape index (κ1) is 13.0. The number of nitrogens with one attached hydrogen (secondary N) is 2.